The first-order valence-corrected chi connectivity index (χ1v) is 8.77. The van der Waals surface area contributed by atoms with Crippen LogP contribution in [0, 0.1) is 17.3 Å². The Morgan fingerprint density at radius 1 is 1.20 bits per heavy atom. The highest BCUT2D eigenvalue weighted by Gasteiger charge is 2.28. The molecule has 1 N–H and O–H groups in total. The van der Waals surface area contributed by atoms with Gasteiger partial charge in [-0.15, -0.1) is 0 Å². The Morgan fingerprint density at radius 2 is 1.80 bits per heavy atom. The monoisotopic (exact) mass is 282 g/mol. The van der Waals surface area contributed by atoms with Gasteiger partial charge in [0.05, 0.1) is 0 Å². The molecule has 0 radical (unpaired) electrons. The van der Waals surface area contributed by atoms with Gasteiger partial charge in [0.25, 0.3) is 0 Å². The SMILES string of the molecule is CCC(C)(CNCC(C)C)CN(C)C1CCC(C)CC1. The van der Waals surface area contributed by atoms with E-state index in [0.29, 0.717) is 5.41 Å². The third-order valence-electron chi connectivity index (χ3n) is 5.20. The Hall–Kier alpha value is -0.0800. The zero-order valence-corrected chi connectivity index (χ0v) is 14.8. The van der Waals surface area contributed by atoms with Crippen LogP contribution in [0.25, 0.3) is 0 Å². The van der Waals surface area contributed by atoms with Crippen molar-refractivity contribution >= 4 is 0 Å². The van der Waals surface area contributed by atoms with E-state index in [2.05, 4.69) is 51.9 Å². The lowest BCUT2D eigenvalue weighted by Crippen LogP contribution is -2.45. The molecule has 0 bridgehead atoms. The summed E-state index contributed by atoms with van der Waals surface area (Å²) in [5.41, 5.74) is 0.409. The molecule has 1 unspecified atom stereocenters. The average Bonchev–Trinajstić information content (AvgIpc) is 2.39. The molecule has 1 rings (SSSR count). The average molecular weight is 283 g/mol. The first-order chi connectivity index (χ1) is 9.36. The lowest BCUT2D eigenvalue weighted by molar-refractivity contribution is 0.108. The van der Waals surface area contributed by atoms with Gasteiger partial charge in [-0.1, -0.05) is 34.6 Å². The maximum atomic E-state index is 3.67. The summed E-state index contributed by atoms with van der Waals surface area (Å²) < 4.78 is 0. The number of nitrogens with zero attached hydrogens (tertiary/aromatic N) is 1. The molecule has 1 fully saturated rings. The van der Waals surface area contributed by atoms with Gasteiger partial charge in [-0.2, -0.15) is 0 Å². The van der Waals surface area contributed by atoms with E-state index in [0.717, 1.165) is 31.0 Å². The maximum Gasteiger partial charge on any atom is 0.00926 e. The van der Waals surface area contributed by atoms with Crippen LogP contribution in [0.2, 0.25) is 0 Å². The van der Waals surface area contributed by atoms with Crippen molar-refractivity contribution in [2.75, 3.05) is 26.7 Å². The van der Waals surface area contributed by atoms with E-state index in [9.17, 15) is 0 Å². The van der Waals surface area contributed by atoms with Crippen molar-refractivity contribution in [1.82, 2.24) is 10.2 Å². The van der Waals surface area contributed by atoms with E-state index in [1.165, 1.54) is 38.6 Å². The summed E-state index contributed by atoms with van der Waals surface area (Å²) in [5, 5.41) is 3.67. The van der Waals surface area contributed by atoms with Crippen molar-refractivity contribution < 1.29 is 0 Å². The standard InChI is InChI=1S/C18H38N2/c1-7-18(5,13-19-12-15(2)3)14-20(6)17-10-8-16(4)9-11-17/h15-17,19H,7-14H2,1-6H3. The molecule has 0 heterocycles. The topological polar surface area (TPSA) is 15.3 Å². The predicted octanol–water partition coefficient (Wildman–Crippen LogP) is 4.16. The van der Waals surface area contributed by atoms with E-state index < -0.39 is 0 Å². The lowest BCUT2D eigenvalue weighted by Gasteiger charge is -2.39. The maximum absolute atomic E-state index is 3.67. The van der Waals surface area contributed by atoms with Crippen LogP contribution in [0.4, 0.5) is 0 Å². The summed E-state index contributed by atoms with van der Waals surface area (Å²) >= 11 is 0. The van der Waals surface area contributed by atoms with Crippen molar-refractivity contribution in [1.29, 1.82) is 0 Å². The van der Waals surface area contributed by atoms with Crippen LogP contribution >= 0.6 is 0 Å². The molecular weight excluding hydrogens is 244 g/mol. The Labute approximate surface area is 127 Å². The minimum Gasteiger partial charge on any atom is -0.316 e. The molecule has 0 saturated heterocycles. The van der Waals surface area contributed by atoms with Crippen LogP contribution in [0.3, 0.4) is 0 Å². The molecule has 1 saturated carbocycles. The van der Waals surface area contributed by atoms with Crippen molar-refractivity contribution in [3.8, 4) is 0 Å². The second kappa shape index (κ2) is 8.38. The molecule has 0 amide bonds. The van der Waals surface area contributed by atoms with Gasteiger partial charge in [0.1, 0.15) is 0 Å². The zero-order valence-electron chi connectivity index (χ0n) is 14.8. The molecule has 1 aliphatic carbocycles. The highest BCUT2D eigenvalue weighted by atomic mass is 15.1. The predicted molar refractivity (Wildman–Crippen MR) is 90.2 cm³/mol. The first kappa shape index (κ1) is 18.0. The highest BCUT2D eigenvalue weighted by Crippen LogP contribution is 2.29. The second-order valence-electron chi connectivity index (χ2n) is 8.02. The summed E-state index contributed by atoms with van der Waals surface area (Å²) in [6.07, 6.45) is 6.90. The Bertz CT molecular complexity index is 256. The number of hydrogen-bond acceptors (Lipinski definition) is 2. The van der Waals surface area contributed by atoms with Crippen LogP contribution in [0.15, 0.2) is 0 Å². The number of nitrogens with one attached hydrogen (secondary N) is 1. The fraction of sp³-hybridized carbons (Fsp3) is 1.00. The lowest BCUT2D eigenvalue weighted by atomic mass is 9.83. The summed E-state index contributed by atoms with van der Waals surface area (Å²) in [6, 6.07) is 0.821. The smallest absolute Gasteiger partial charge is 0.00926 e. The van der Waals surface area contributed by atoms with Gasteiger partial charge >= 0.3 is 0 Å². The molecule has 1 aliphatic rings. The zero-order chi connectivity index (χ0) is 15.2. The fourth-order valence-corrected chi connectivity index (χ4v) is 3.37. The van der Waals surface area contributed by atoms with Crippen molar-refractivity contribution in [2.24, 2.45) is 17.3 Å². The van der Waals surface area contributed by atoms with Crippen molar-refractivity contribution in [3.63, 3.8) is 0 Å². The van der Waals surface area contributed by atoms with Crippen molar-refractivity contribution in [2.45, 2.75) is 72.8 Å². The van der Waals surface area contributed by atoms with Crippen LogP contribution in [-0.2, 0) is 0 Å². The molecule has 0 aliphatic heterocycles. The number of rotatable bonds is 8. The number of hydrogen-bond donors (Lipinski definition) is 1. The summed E-state index contributed by atoms with van der Waals surface area (Å²) in [6.45, 7) is 15.3. The molecule has 20 heavy (non-hydrogen) atoms. The van der Waals surface area contributed by atoms with Gasteiger partial charge in [-0.25, -0.2) is 0 Å². The third kappa shape index (κ3) is 6.13. The van der Waals surface area contributed by atoms with E-state index in [4.69, 9.17) is 0 Å². The van der Waals surface area contributed by atoms with E-state index in [1.54, 1.807) is 0 Å². The summed E-state index contributed by atoms with van der Waals surface area (Å²) in [5.74, 6) is 1.69. The largest absolute Gasteiger partial charge is 0.316 e. The highest BCUT2D eigenvalue weighted by molar-refractivity contribution is 4.83. The van der Waals surface area contributed by atoms with Gasteiger partial charge in [-0.3, -0.25) is 0 Å². The minimum atomic E-state index is 0.409. The Kier molecular flexibility index (Phi) is 7.53. The quantitative estimate of drug-likeness (QED) is 0.719. The van der Waals surface area contributed by atoms with Gasteiger partial charge in [0.15, 0.2) is 0 Å². The summed E-state index contributed by atoms with van der Waals surface area (Å²) in [4.78, 5) is 2.65. The Morgan fingerprint density at radius 3 is 2.30 bits per heavy atom. The van der Waals surface area contributed by atoms with Gasteiger partial charge in [-0.05, 0) is 62.9 Å². The van der Waals surface area contributed by atoms with Gasteiger partial charge in [0, 0.05) is 19.1 Å². The second-order valence-corrected chi connectivity index (χ2v) is 8.02. The molecule has 0 aromatic heterocycles. The molecule has 0 spiro atoms. The molecule has 0 aromatic carbocycles. The van der Waals surface area contributed by atoms with Gasteiger partial charge < -0.3 is 10.2 Å². The van der Waals surface area contributed by atoms with E-state index >= 15 is 0 Å². The first-order valence-electron chi connectivity index (χ1n) is 8.77. The van der Waals surface area contributed by atoms with Crippen LogP contribution in [0.5, 0.6) is 0 Å². The normalized spacial score (nSPS) is 27.0. The molecule has 120 valence electrons. The third-order valence-corrected chi connectivity index (χ3v) is 5.20. The van der Waals surface area contributed by atoms with Gasteiger partial charge in [0.2, 0.25) is 0 Å². The molecule has 2 nitrogen and oxygen atoms in total. The Balaban J connectivity index is 2.40. The molecular formula is C18H38N2. The molecule has 0 aromatic rings. The minimum absolute atomic E-state index is 0.409. The van der Waals surface area contributed by atoms with E-state index in [1.807, 2.05) is 0 Å². The fourth-order valence-electron chi connectivity index (χ4n) is 3.37. The molecule has 2 heteroatoms. The van der Waals surface area contributed by atoms with Crippen LogP contribution in [0.1, 0.15) is 66.7 Å². The van der Waals surface area contributed by atoms with Crippen LogP contribution < -0.4 is 5.32 Å². The van der Waals surface area contributed by atoms with Crippen molar-refractivity contribution in [3.05, 3.63) is 0 Å². The van der Waals surface area contributed by atoms with Crippen LogP contribution in [-0.4, -0.2) is 37.6 Å². The van der Waals surface area contributed by atoms with E-state index in [-0.39, 0.29) is 0 Å². The summed E-state index contributed by atoms with van der Waals surface area (Å²) in [7, 11) is 2.34. The molecule has 1 atom stereocenters.